The first-order chi connectivity index (χ1) is 9.92. The van der Waals surface area contributed by atoms with Gasteiger partial charge in [-0.1, -0.05) is 0 Å². The quantitative estimate of drug-likeness (QED) is 0.612. The SMILES string of the molecule is CNc1nc(C)c([N+](=O)[O-])c(N2CCC(NC(C)=O)C2)n1. The second kappa shape index (κ2) is 5.90. The Kier molecular flexibility index (Phi) is 4.20. The first-order valence-electron chi connectivity index (χ1n) is 6.65. The van der Waals surface area contributed by atoms with E-state index in [4.69, 9.17) is 0 Å². The van der Waals surface area contributed by atoms with Crippen molar-refractivity contribution >= 4 is 23.4 Å². The van der Waals surface area contributed by atoms with Crippen LogP contribution in [0.4, 0.5) is 17.5 Å². The van der Waals surface area contributed by atoms with Crippen molar-refractivity contribution in [3.05, 3.63) is 15.8 Å². The molecule has 1 amide bonds. The maximum Gasteiger partial charge on any atom is 0.332 e. The molecule has 2 rings (SSSR count). The van der Waals surface area contributed by atoms with E-state index in [0.29, 0.717) is 30.5 Å². The van der Waals surface area contributed by atoms with Crippen molar-refractivity contribution in [2.45, 2.75) is 26.3 Å². The third kappa shape index (κ3) is 3.18. The molecule has 1 unspecified atom stereocenters. The number of carbonyl (C=O) groups is 1. The Balaban J connectivity index is 2.32. The van der Waals surface area contributed by atoms with Crippen molar-refractivity contribution in [1.82, 2.24) is 15.3 Å². The van der Waals surface area contributed by atoms with Crippen LogP contribution in [0.3, 0.4) is 0 Å². The average Bonchev–Trinajstić information content (AvgIpc) is 2.84. The molecule has 9 nitrogen and oxygen atoms in total. The molecule has 1 aromatic rings. The van der Waals surface area contributed by atoms with E-state index >= 15 is 0 Å². The summed E-state index contributed by atoms with van der Waals surface area (Å²) in [5.74, 6) is 0.534. The largest absolute Gasteiger partial charge is 0.357 e. The number of nitro groups is 1. The van der Waals surface area contributed by atoms with Crippen LogP contribution in [-0.2, 0) is 4.79 Å². The monoisotopic (exact) mass is 294 g/mol. The van der Waals surface area contributed by atoms with Gasteiger partial charge in [0, 0.05) is 33.1 Å². The molecular formula is C12H18N6O3. The van der Waals surface area contributed by atoms with E-state index in [2.05, 4.69) is 20.6 Å². The van der Waals surface area contributed by atoms with Crippen molar-refractivity contribution in [2.24, 2.45) is 0 Å². The molecule has 0 radical (unpaired) electrons. The molecule has 2 heterocycles. The van der Waals surface area contributed by atoms with Gasteiger partial charge >= 0.3 is 5.69 Å². The molecule has 1 fully saturated rings. The molecule has 0 spiro atoms. The van der Waals surface area contributed by atoms with Crippen LogP contribution >= 0.6 is 0 Å². The Bertz CT molecular complexity index is 576. The van der Waals surface area contributed by atoms with Crippen molar-refractivity contribution in [2.75, 3.05) is 30.4 Å². The molecule has 0 bridgehead atoms. The summed E-state index contributed by atoms with van der Waals surface area (Å²) < 4.78 is 0. The van der Waals surface area contributed by atoms with Crippen LogP contribution in [0.15, 0.2) is 0 Å². The Morgan fingerprint density at radius 1 is 1.48 bits per heavy atom. The van der Waals surface area contributed by atoms with Crippen LogP contribution < -0.4 is 15.5 Å². The molecule has 1 aromatic heterocycles. The van der Waals surface area contributed by atoms with E-state index in [-0.39, 0.29) is 17.6 Å². The predicted octanol–water partition coefficient (Wildman–Crippen LogP) is 0.450. The van der Waals surface area contributed by atoms with Gasteiger partial charge in [0.2, 0.25) is 17.7 Å². The minimum Gasteiger partial charge on any atom is -0.357 e. The van der Waals surface area contributed by atoms with E-state index in [1.165, 1.54) is 6.92 Å². The molecule has 114 valence electrons. The Labute approximate surface area is 121 Å². The predicted molar refractivity (Wildman–Crippen MR) is 77.4 cm³/mol. The van der Waals surface area contributed by atoms with Crippen LogP contribution in [0.1, 0.15) is 19.0 Å². The summed E-state index contributed by atoms with van der Waals surface area (Å²) >= 11 is 0. The summed E-state index contributed by atoms with van der Waals surface area (Å²) in [6, 6.07) is -0.0181. The number of aromatic nitrogens is 2. The maximum atomic E-state index is 11.3. The molecule has 1 atom stereocenters. The molecule has 21 heavy (non-hydrogen) atoms. The molecule has 1 saturated heterocycles. The number of aryl methyl sites for hydroxylation is 1. The van der Waals surface area contributed by atoms with Gasteiger partial charge in [0.15, 0.2) is 0 Å². The van der Waals surface area contributed by atoms with Crippen molar-refractivity contribution < 1.29 is 9.72 Å². The van der Waals surface area contributed by atoms with Crippen LogP contribution in [0.25, 0.3) is 0 Å². The van der Waals surface area contributed by atoms with E-state index in [9.17, 15) is 14.9 Å². The zero-order valence-corrected chi connectivity index (χ0v) is 12.2. The number of nitrogens with zero attached hydrogens (tertiary/aromatic N) is 4. The summed E-state index contributed by atoms with van der Waals surface area (Å²) in [7, 11) is 1.66. The van der Waals surface area contributed by atoms with Crippen LogP contribution in [0, 0.1) is 17.0 Å². The van der Waals surface area contributed by atoms with Gasteiger partial charge in [0.05, 0.1) is 4.92 Å². The van der Waals surface area contributed by atoms with Gasteiger partial charge in [-0.05, 0) is 13.3 Å². The molecule has 0 aliphatic carbocycles. The minimum atomic E-state index is -0.462. The smallest absolute Gasteiger partial charge is 0.332 e. The number of nitrogens with one attached hydrogen (secondary N) is 2. The molecule has 1 aliphatic rings. The van der Waals surface area contributed by atoms with Gasteiger partial charge in [-0.2, -0.15) is 4.98 Å². The van der Waals surface area contributed by atoms with Crippen molar-refractivity contribution in [1.29, 1.82) is 0 Å². The van der Waals surface area contributed by atoms with E-state index in [1.807, 2.05) is 4.90 Å². The highest BCUT2D eigenvalue weighted by Crippen LogP contribution is 2.31. The fourth-order valence-corrected chi connectivity index (χ4v) is 2.46. The van der Waals surface area contributed by atoms with E-state index in [1.54, 1.807) is 14.0 Å². The van der Waals surface area contributed by atoms with Gasteiger partial charge in [-0.25, -0.2) is 4.98 Å². The van der Waals surface area contributed by atoms with Crippen LogP contribution in [0.2, 0.25) is 0 Å². The summed E-state index contributed by atoms with van der Waals surface area (Å²) in [5, 5.41) is 16.9. The Morgan fingerprint density at radius 3 is 2.76 bits per heavy atom. The number of carbonyl (C=O) groups excluding carboxylic acids is 1. The zero-order valence-electron chi connectivity index (χ0n) is 12.2. The maximum absolute atomic E-state index is 11.3. The lowest BCUT2D eigenvalue weighted by atomic mass is 10.2. The topological polar surface area (TPSA) is 113 Å². The molecule has 2 N–H and O–H groups in total. The summed E-state index contributed by atoms with van der Waals surface area (Å²) in [6.07, 6.45) is 0.731. The van der Waals surface area contributed by atoms with Crippen LogP contribution in [-0.4, -0.2) is 47.0 Å². The zero-order chi connectivity index (χ0) is 15.6. The second-order valence-electron chi connectivity index (χ2n) is 4.94. The third-order valence-electron chi connectivity index (χ3n) is 3.34. The molecule has 0 saturated carbocycles. The lowest BCUT2D eigenvalue weighted by Crippen LogP contribution is -2.35. The third-order valence-corrected chi connectivity index (χ3v) is 3.34. The lowest BCUT2D eigenvalue weighted by molar-refractivity contribution is -0.385. The van der Waals surface area contributed by atoms with E-state index in [0.717, 1.165) is 6.42 Å². The first kappa shape index (κ1) is 14.9. The highest BCUT2D eigenvalue weighted by atomic mass is 16.6. The van der Waals surface area contributed by atoms with Gasteiger partial charge in [0.1, 0.15) is 5.69 Å². The van der Waals surface area contributed by atoms with E-state index < -0.39 is 4.92 Å². The standard InChI is InChI=1S/C12H18N6O3/c1-7-10(18(20)21)11(16-12(13-3)14-7)17-5-4-9(6-17)15-8(2)19/h9H,4-6H2,1-3H3,(H,15,19)(H,13,14,16). The Hall–Kier alpha value is -2.45. The second-order valence-corrected chi connectivity index (χ2v) is 4.94. The van der Waals surface area contributed by atoms with Gasteiger partial charge in [-0.15, -0.1) is 0 Å². The van der Waals surface area contributed by atoms with Gasteiger partial charge in [0.25, 0.3) is 0 Å². The number of hydrogen-bond acceptors (Lipinski definition) is 7. The molecule has 9 heteroatoms. The summed E-state index contributed by atoms with van der Waals surface area (Å²) in [4.78, 5) is 32.0. The van der Waals surface area contributed by atoms with Crippen molar-refractivity contribution in [3.63, 3.8) is 0 Å². The summed E-state index contributed by atoms with van der Waals surface area (Å²) in [5.41, 5.74) is 0.231. The van der Waals surface area contributed by atoms with Gasteiger partial charge in [-0.3, -0.25) is 14.9 Å². The minimum absolute atomic E-state index is 0.0181. The lowest BCUT2D eigenvalue weighted by Gasteiger charge is -2.18. The number of rotatable bonds is 4. The molecule has 0 aromatic carbocycles. The molecule has 1 aliphatic heterocycles. The Morgan fingerprint density at radius 2 is 2.19 bits per heavy atom. The number of amides is 1. The van der Waals surface area contributed by atoms with Crippen molar-refractivity contribution in [3.8, 4) is 0 Å². The molecular weight excluding hydrogens is 276 g/mol. The number of hydrogen-bond donors (Lipinski definition) is 2. The highest BCUT2D eigenvalue weighted by molar-refractivity contribution is 5.73. The van der Waals surface area contributed by atoms with Gasteiger partial charge < -0.3 is 15.5 Å². The highest BCUT2D eigenvalue weighted by Gasteiger charge is 2.31. The normalized spacial score (nSPS) is 17.7. The fraction of sp³-hybridized carbons (Fsp3) is 0.583. The fourth-order valence-electron chi connectivity index (χ4n) is 2.46. The average molecular weight is 294 g/mol. The number of anilines is 2. The van der Waals surface area contributed by atoms with Crippen LogP contribution in [0.5, 0.6) is 0 Å². The first-order valence-corrected chi connectivity index (χ1v) is 6.65. The summed E-state index contributed by atoms with van der Waals surface area (Å²) in [6.45, 7) is 4.15.